The molecule has 2 aromatic carbocycles. The summed E-state index contributed by atoms with van der Waals surface area (Å²) in [5, 5.41) is 0. The summed E-state index contributed by atoms with van der Waals surface area (Å²) in [4.78, 5) is 3.79. The van der Waals surface area contributed by atoms with Crippen molar-refractivity contribution in [3.05, 3.63) is 65.7 Å². The summed E-state index contributed by atoms with van der Waals surface area (Å²) in [5.74, 6) is 2.10. The molecular weight excluding hydrogens is 400 g/mol. The largest absolute Gasteiger partial charge is 0.497 e. The van der Waals surface area contributed by atoms with Crippen LogP contribution in [-0.4, -0.2) is 31.6 Å². The van der Waals surface area contributed by atoms with Crippen molar-refractivity contribution in [1.29, 1.82) is 0 Å². The topological polar surface area (TPSA) is 38.5 Å². The van der Waals surface area contributed by atoms with E-state index >= 15 is 0 Å². The standard InChI is InChI=1S/C27H38N2OS/c1-20(27(2,3)4)24(14-17-29-15-6-7-16-29)25-13-12-23(18-26(25)28)31-19-21-8-10-22(30-5)11-9-21/h8-13,18,24H,1,6-7,14-17,19,28H2,2-5H3/t24-/m0/s1. The first-order chi connectivity index (χ1) is 14.8. The minimum Gasteiger partial charge on any atom is -0.497 e. The van der Waals surface area contributed by atoms with E-state index in [-0.39, 0.29) is 5.41 Å². The van der Waals surface area contributed by atoms with Gasteiger partial charge in [0.1, 0.15) is 5.75 Å². The molecule has 1 fully saturated rings. The number of ether oxygens (including phenoxy) is 1. The number of hydrogen-bond acceptors (Lipinski definition) is 4. The lowest BCUT2D eigenvalue weighted by Crippen LogP contribution is -2.25. The first-order valence-electron chi connectivity index (χ1n) is 11.3. The molecule has 1 aliphatic rings. The number of likely N-dealkylation sites (tertiary alicyclic amines) is 1. The van der Waals surface area contributed by atoms with Crippen molar-refractivity contribution in [1.82, 2.24) is 4.90 Å². The van der Waals surface area contributed by atoms with E-state index in [1.807, 2.05) is 23.9 Å². The van der Waals surface area contributed by atoms with Crippen molar-refractivity contribution in [2.75, 3.05) is 32.5 Å². The van der Waals surface area contributed by atoms with Gasteiger partial charge in [-0.05, 0) is 79.7 Å². The summed E-state index contributed by atoms with van der Waals surface area (Å²) in [6.07, 6.45) is 3.74. The summed E-state index contributed by atoms with van der Waals surface area (Å²) in [5.41, 5.74) is 11.3. The van der Waals surface area contributed by atoms with Crippen molar-refractivity contribution >= 4 is 17.4 Å². The molecule has 0 saturated carbocycles. The number of rotatable bonds is 9. The molecule has 1 saturated heterocycles. The molecule has 0 radical (unpaired) electrons. The minimum absolute atomic E-state index is 0.0594. The molecule has 3 rings (SSSR count). The van der Waals surface area contributed by atoms with Crippen molar-refractivity contribution in [3.8, 4) is 5.75 Å². The molecule has 168 valence electrons. The Morgan fingerprint density at radius 1 is 1.13 bits per heavy atom. The number of nitrogens with zero attached hydrogens (tertiary/aromatic N) is 1. The highest BCUT2D eigenvalue weighted by Gasteiger charge is 2.27. The average Bonchev–Trinajstić information content (AvgIpc) is 3.26. The van der Waals surface area contributed by atoms with Crippen LogP contribution in [0.25, 0.3) is 0 Å². The predicted molar refractivity (Wildman–Crippen MR) is 135 cm³/mol. The lowest BCUT2D eigenvalue weighted by atomic mass is 9.75. The van der Waals surface area contributed by atoms with Gasteiger partial charge in [-0.2, -0.15) is 0 Å². The van der Waals surface area contributed by atoms with Crippen molar-refractivity contribution < 1.29 is 4.74 Å². The fraction of sp³-hybridized carbons (Fsp3) is 0.481. The molecule has 2 aromatic rings. The molecule has 0 unspecified atom stereocenters. The highest BCUT2D eigenvalue weighted by molar-refractivity contribution is 7.98. The first kappa shape index (κ1) is 23.7. The van der Waals surface area contributed by atoms with Gasteiger partial charge in [0, 0.05) is 22.3 Å². The van der Waals surface area contributed by atoms with Gasteiger partial charge in [0.25, 0.3) is 0 Å². The second-order valence-corrected chi connectivity index (χ2v) is 10.6. The summed E-state index contributed by atoms with van der Waals surface area (Å²) in [6.45, 7) is 14.9. The van der Waals surface area contributed by atoms with Crippen LogP contribution >= 0.6 is 11.8 Å². The van der Waals surface area contributed by atoms with Crippen LogP contribution in [0.15, 0.2) is 59.5 Å². The minimum atomic E-state index is 0.0594. The Hall–Kier alpha value is -1.91. The molecule has 0 aromatic heterocycles. The smallest absolute Gasteiger partial charge is 0.118 e. The quantitative estimate of drug-likeness (QED) is 0.267. The van der Waals surface area contributed by atoms with Gasteiger partial charge in [-0.15, -0.1) is 11.8 Å². The van der Waals surface area contributed by atoms with Crippen molar-refractivity contribution in [2.24, 2.45) is 5.41 Å². The van der Waals surface area contributed by atoms with Crippen LogP contribution in [0.1, 0.15) is 57.1 Å². The number of nitrogen functional groups attached to an aromatic ring is 1. The van der Waals surface area contributed by atoms with Crippen LogP contribution in [-0.2, 0) is 5.75 Å². The number of hydrogen-bond donors (Lipinski definition) is 1. The van der Waals surface area contributed by atoms with Crippen LogP contribution in [0.2, 0.25) is 0 Å². The van der Waals surface area contributed by atoms with Gasteiger partial charge >= 0.3 is 0 Å². The Labute approximate surface area is 193 Å². The van der Waals surface area contributed by atoms with Crippen LogP contribution in [0, 0.1) is 5.41 Å². The number of benzene rings is 2. The van der Waals surface area contributed by atoms with E-state index in [4.69, 9.17) is 10.5 Å². The average molecular weight is 439 g/mol. The fourth-order valence-corrected chi connectivity index (χ4v) is 5.11. The number of allylic oxidation sites excluding steroid dienone is 1. The molecule has 4 heteroatoms. The fourth-order valence-electron chi connectivity index (χ4n) is 4.21. The zero-order chi connectivity index (χ0) is 22.4. The molecule has 2 N–H and O–H groups in total. The summed E-state index contributed by atoms with van der Waals surface area (Å²) < 4.78 is 5.25. The van der Waals surface area contributed by atoms with Gasteiger partial charge in [0.05, 0.1) is 7.11 Å². The molecule has 1 atom stereocenters. The number of thioether (sulfide) groups is 1. The SMILES string of the molecule is C=C([C@H](CCN1CCCC1)c1ccc(SCc2ccc(OC)cc2)cc1N)C(C)(C)C. The monoisotopic (exact) mass is 438 g/mol. The lowest BCUT2D eigenvalue weighted by Gasteiger charge is -2.32. The maximum absolute atomic E-state index is 6.61. The highest BCUT2D eigenvalue weighted by Crippen LogP contribution is 2.41. The van der Waals surface area contributed by atoms with Crippen LogP contribution in [0.5, 0.6) is 5.75 Å². The summed E-state index contributed by atoms with van der Waals surface area (Å²) >= 11 is 1.82. The van der Waals surface area contributed by atoms with E-state index in [2.05, 4.69) is 62.6 Å². The van der Waals surface area contributed by atoms with E-state index in [9.17, 15) is 0 Å². The predicted octanol–water partition coefficient (Wildman–Crippen LogP) is 6.74. The third kappa shape index (κ3) is 6.54. The molecule has 31 heavy (non-hydrogen) atoms. The third-order valence-corrected chi connectivity index (χ3v) is 7.38. The molecule has 1 aliphatic heterocycles. The Kier molecular flexibility index (Phi) is 8.12. The zero-order valence-corrected chi connectivity index (χ0v) is 20.4. The van der Waals surface area contributed by atoms with E-state index in [0.717, 1.165) is 30.2 Å². The second kappa shape index (κ2) is 10.6. The molecule has 0 amide bonds. The Morgan fingerprint density at radius 3 is 2.39 bits per heavy atom. The molecular formula is C27H38N2OS. The van der Waals surface area contributed by atoms with Gasteiger partial charge in [-0.1, -0.05) is 51.1 Å². The summed E-state index contributed by atoms with van der Waals surface area (Å²) in [6, 6.07) is 14.8. The van der Waals surface area contributed by atoms with E-state index in [1.165, 1.54) is 47.5 Å². The second-order valence-electron chi connectivity index (χ2n) is 9.59. The first-order valence-corrected chi connectivity index (χ1v) is 12.3. The summed E-state index contributed by atoms with van der Waals surface area (Å²) in [7, 11) is 1.70. The maximum Gasteiger partial charge on any atom is 0.118 e. The molecule has 1 heterocycles. The lowest BCUT2D eigenvalue weighted by molar-refractivity contribution is 0.319. The van der Waals surface area contributed by atoms with Crippen LogP contribution in [0.4, 0.5) is 5.69 Å². The van der Waals surface area contributed by atoms with Crippen LogP contribution < -0.4 is 10.5 Å². The maximum atomic E-state index is 6.61. The van der Waals surface area contributed by atoms with Gasteiger partial charge in [0.15, 0.2) is 0 Å². The van der Waals surface area contributed by atoms with Gasteiger partial charge in [-0.25, -0.2) is 0 Å². The van der Waals surface area contributed by atoms with Gasteiger partial charge in [-0.3, -0.25) is 0 Å². The zero-order valence-electron chi connectivity index (χ0n) is 19.6. The van der Waals surface area contributed by atoms with Gasteiger partial charge < -0.3 is 15.4 Å². The number of methoxy groups -OCH3 is 1. The highest BCUT2D eigenvalue weighted by atomic mass is 32.2. The Bertz CT molecular complexity index is 864. The van der Waals surface area contributed by atoms with E-state index in [1.54, 1.807) is 7.11 Å². The number of anilines is 1. The van der Waals surface area contributed by atoms with Crippen molar-refractivity contribution in [2.45, 2.75) is 56.6 Å². The molecule has 0 bridgehead atoms. The van der Waals surface area contributed by atoms with Crippen LogP contribution in [0.3, 0.4) is 0 Å². The molecule has 0 spiro atoms. The van der Waals surface area contributed by atoms with Crippen molar-refractivity contribution in [3.63, 3.8) is 0 Å². The normalized spacial score (nSPS) is 15.7. The van der Waals surface area contributed by atoms with E-state index < -0.39 is 0 Å². The van der Waals surface area contributed by atoms with E-state index in [0.29, 0.717) is 5.92 Å². The Balaban J connectivity index is 1.71. The Morgan fingerprint density at radius 2 is 1.81 bits per heavy atom. The molecule has 3 nitrogen and oxygen atoms in total. The van der Waals surface area contributed by atoms with Gasteiger partial charge in [0.2, 0.25) is 0 Å². The molecule has 0 aliphatic carbocycles. The number of nitrogens with two attached hydrogens (primary N) is 1. The third-order valence-electron chi connectivity index (χ3n) is 6.31.